The van der Waals surface area contributed by atoms with Gasteiger partial charge in [0.15, 0.2) is 0 Å². The summed E-state index contributed by atoms with van der Waals surface area (Å²) in [5.74, 6) is 1.51. The van der Waals surface area contributed by atoms with E-state index in [1.807, 2.05) is 0 Å². The van der Waals surface area contributed by atoms with Crippen LogP contribution in [0, 0.1) is 23.7 Å². The van der Waals surface area contributed by atoms with E-state index in [0.717, 1.165) is 24.0 Å². The second kappa shape index (κ2) is 15.0. The Morgan fingerprint density at radius 2 is 1.15 bits per heavy atom. The molecule has 0 heteroatoms. The van der Waals surface area contributed by atoms with E-state index in [9.17, 15) is 0 Å². The van der Waals surface area contributed by atoms with Gasteiger partial charge in [0.05, 0.1) is 0 Å². The van der Waals surface area contributed by atoms with Gasteiger partial charge in [0.1, 0.15) is 0 Å². The molecule has 0 saturated heterocycles. The number of allylic oxidation sites excluding steroid dienone is 20. The number of fused-ring (bicyclic) bond motifs is 5. The van der Waals surface area contributed by atoms with Crippen LogP contribution < -0.4 is 20.9 Å². The van der Waals surface area contributed by atoms with Crippen molar-refractivity contribution in [3.63, 3.8) is 0 Å². The Labute approximate surface area is 321 Å². The Morgan fingerprint density at radius 3 is 1.94 bits per heavy atom. The third kappa shape index (κ3) is 6.45. The number of hydrogen-bond acceptors (Lipinski definition) is 0. The van der Waals surface area contributed by atoms with Gasteiger partial charge < -0.3 is 0 Å². The van der Waals surface area contributed by atoms with Crippen LogP contribution in [-0.2, 0) is 0 Å². The summed E-state index contributed by atoms with van der Waals surface area (Å²) in [6.07, 6.45) is 36.0. The molecule has 5 aliphatic rings. The first-order chi connectivity index (χ1) is 26.3. The van der Waals surface area contributed by atoms with Crippen LogP contribution in [0.25, 0.3) is 33.4 Å². The van der Waals surface area contributed by atoms with E-state index in [2.05, 4.69) is 199 Å². The molecule has 0 N–H and O–H groups in total. The maximum Gasteiger partial charge on any atom is 0.0128 e. The largest absolute Gasteiger partial charge is 0.0958 e. The van der Waals surface area contributed by atoms with Gasteiger partial charge in [-0.05, 0) is 117 Å². The molecule has 0 aliphatic heterocycles. The summed E-state index contributed by atoms with van der Waals surface area (Å²) in [4.78, 5) is 0. The van der Waals surface area contributed by atoms with E-state index in [-0.39, 0.29) is 0 Å². The van der Waals surface area contributed by atoms with Crippen molar-refractivity contribution >= 4 is 22.3 Å². The van der Waals surface area contributed by atoms with Crippen molar-refractivity contribution in [2.45, 2.75) is 40.5 Å². The lowest BCUT2D eigenvalue weighted by Crippen LogP contribution is -2.32. The van der Waals surface area contributed by atoms with Crippen molar-refractivity contribution in [3.05, 3.63) is 225 Å². The van der Waals surface area contributed by atoms with Crippen molar-refractivity contribution in [3.8, 4) is 11.1 Å². The van der Waals surface area contributed by atoms with E-state index in [0.29, 0.717) is 23.7 Å². The lowest BCUT2D eigenvalue weighted by molar-refractivity contribution is 0.564. The van der Waals surface area contributed by atoms with E-state index >= 15 is 0 Å². The first kappa shape index (κ1) is 35.3. The maximum absolute atomic E-state index is 4.60. The Kier molecular flexibility index (Phi) is 9.78. The average molecular weight is 699 g/mol. The molecule has 4 atom stereocenters. The number of hydrogen-bond donors (Lipinski definition) is 0. The van der Waals surface area contributed by atoms with Crippen LogP contribution >= 0.6 is 0 Å². The molecule has 0 spiro atoms. The first-order valence-corrected chi connectivity index (χ1v) is 19.5. The van der Waals surface area contributed by atoms with E-state index in [4.69, 9.17) is 0 Å². The number of rotatable bonds is 8. The first-order valence-electron chi connectivity index (χ1n) is 19.5. The van der Waals surface area contributed by atoms with Crippen molar-refractivity contribution in [1.82, 2.24) is 0 Å². The molecular formula is C54H50. The van der Waals surface area contributed by atoms with Gasteiger partial charge in [0.2, 0.25) is 0 Å². The van der Waals surface area contributed by atoms with Crippen molar-refractivity contribution in [1.29, 1.82) is 0 Å². The van der Waals surface area contributed by atoms with Crippen molar-refractivity contribution in [2.24, 2.45) is 23.7 Å². The van der Waals surface area contributed by atoms with Crippen LogP contribution in [0.5, 0.6) is 0 Å². The minimum absolute atomic E-state index is 0.322. The van der Waals surface area contributed by atoms with E-state index in [1.54, 1.807) is 0 Å². The number of benzene rings is 3. The highest BCUT2D eigenvalue weighted by Crippen LogP contribution is 2.45. The molecule has 0 aromatic heterocycles. The Hall–Kier alpha value is -5.72. The molecule has 0 amide bonds. The minimum Gasteiger partial charge on any atom is -0.0958 e. The molecular weight excluding hydrogens is 649 g/mol. The quantitative estimate of drug-likeness (QED) is 0.206. The van der Waals surface area contributed by atoms with Crippen molar-refractivity contribution < 1.29 is 0 Å². The molecule has 266 valence electrons. The fourth-order valence-electron chi connectivity index (χ4n) is 9.09. The van der Waals surface area contributed by atoms with Gasteiger partial charge in [0.25, 0.3) is 0 Å². The molecule has 8 rings (SSSR count). The Morgan fingerprint density at radius 1 is 0.556 bits per heavy atom. The minimum atomic E-state index is 0.322. The standard InChI is InChI=1S/C54H50/c1-35(30-32-42-33-34-52(50-25-14-12-23-48(42)50)51-27-15-18-41-17-7-8-22-47(41)51)29-31-36(2)37(3)43-19-9-10-20-44(43)38(4)39(5)46-26-16-28-53-49-24-13-11-21-45(49)40(6)54(46)53/h7-28,30,32-34,41,47-48,50H,1-2,29,31H2,3-6H3. The zero-order chi connectivity index (χ0) is 37.3. The summed E-state index contributed by atoms with van der Waals surface area (Å²) in [5.41, 5.74) is 15.7. The fourth-order valence-corrected chi connectivity index (χ4v) is 9.09. The smallest absolute Gasteiger partial charge is 0.0128 e. The van der Waals surface area contributed by atoms with Gasteiger partial charge in [-0.2, -0.15) is 0 Å². The second-order valence-electron chi connectivity index (χ2n) is 15.4. The molecule has 0 radical (unpaired) electrons. The molecule has 4 unspecified atom stereocenters. The highest BCUT2D eigenvalue weighted by Gasteiger charge is 2.33. The van der Waals surface area contributed by atoms with Crippen LogP contribution in [-0.4, -0.2) is 0 Å². The summed E-state index contributed by atoms with van der Waals surface area (Å²) in [7, 11) is 0. The van der Waals surface area contributed by atoms with Gasteiger partial charge in [0, 0.05) is 23.7 Å². The predicted octanol–water partition coefficient (Wildman–Crippen LogP) is 10.6. The van der Waals surface area contributed by atoms with Gasteiger partial charge in [-0.1, -0.05) is 182 Å². The average Bonchev–Trinajstić information content (AvgIpc) is 3.52. The summed E-state index contributed by atoms with van der Waals surface area (Å²) in [5, 5.41) is 5.20. The van der Waals surface area contributed by atoms with Gasteiger partial charge >= 0.3 is 0 Å². The van der Waals surface area contributed by atoms with Gasteiger partial charge in [-0.25, -0.2) is 0 Å². The maximum atomic E-state index is 4.60. The summed E-state index contributed by atoms with van der Waals surface area (Å²) >= 11 is 0. The molecule has 3 aromatic carbocycles. The SMILES string of the molecule is C=C(C=CC1=CC=C(C2=CC=CC3C=CC=CC23)C2C=CC=CC12)CCC(=C)C(C)=c1ccccc1=C(C)C(C)=c1cccc2c1=C(C)c1ccccc1-2. The monoisotopic (exact) mass is 698 g/mol. The van der Waals surface area contributed by atoms with Crippen LogP contribution in [0.15, 0.2) is 199 Å². The third-order valence-corrected chi connectivity index (χ3v) is 12.4. The molecule has 3 aromatic rings. The van der Waals surface area contributed by atoms with Crippen LogP contribution in [0.4, 0.5) is 0 Å². The highest BCUT2D eigenvalue weighted by molar-refractivity contribution is 5.92. The molecule has 0 heterocycles. The lowest BCUT2D eigenvalue weighted by Gasteiger charge is -2.36. The topological polar surface area (TPSA) is 0 Å². The lowest BCUT2D eigenvalue weighted by atomic mass is 9.68. The third-order valence-electron chi connectivity index (χ3n) is 12.4. The highest BCUT2D eigenvalue weighted by atomic mass is 14.4. The fraction of sp³-hybridized carbons (Fsp3) is 0.185. The van der Waals surface area contributed by atoms with E-state index < -0.39 is 0 Å². The molecule has 0 nitrogen and oxygen atoms in total. The molecule has 54 heavy (non-hydrogen) atoms. The van der Waals surface area contributed by atoms with Crippen LogP contribution in [0.3, 0.4) is 0 Å². The Balaban J connectivity index is 1.03. The van der Waals surface area contributed by atoms with Crippen LogP contribution in [0.1, 0.15) is 46.1 Å². The van der Waals surface area contributed by atoms with Crippen LogP contribution in [0.2, 0.25) is 0 Å². The normalized spacial score (nSPS) is 23.5. The molecule has 0 bridgehead atoms. The molecule has 5 aliphatic carbocycles. The van der Waals surface area contributed by atoms with Gasteiger partial charge in [-0.15, -0.1) is 0 Å². The van der Waals surface area contributed by atoms with Crippen molar-refractivity contribution in [2.75, 3.05) is 0 Å². The molecule has 0 saturated carbocycles. The summed E-state index contributed by atoms with van der Waals surface area (Å²) in [6, 6.07) is 24.4. The zero-order valence-corrected chi connectivity index (χ0v) is 32.1. The Bertz CT molecular complexity index is 2630. The molecule has 0 fully saturated rings. The summed E-state index contributed by atoms with van der Waals surface area (Å²) < 4.78 is 0. The summed E-state index contributed by atoms with van der Waals surface area (Å²) in [6.45, 7) is 18.1. The van der Waals surface area contributed by atoms with Gasteiger partial charge in [-0.3, -0.25) is 0 Å². The van der Waals surface area contributed by atoms with E-state index in [1.165, 1.54) is 76.6 Å². The second-order valence-corrected chi connectivity index (χ2v) is 15.4. The predicted molar refractivity (Wildman–Crippen MR) is 233 cm³/mol. The zero-order valence-electron chi connectivity index (χ0n) is 32.1.